The lowest BCUT2D eigenvalue weighted by Crippen LogP contribution is -2.45. The first-order chi connectivity index (χ1) is 9.25. The average molecular weight is 257 g/mol. The van der Waals surface area contributed by atoms with Crippen molar-refractivity contribution in [3.63, 3.8) is 0 Å². The lowest BCUT2D eigenvalue weighted by Gasteiger charge is -2.32. The Bertz CT molecular complexity index is 561. The number of hydrogen-bond acceptors (Lipinski definition) is 3. The van der Waals surface area contributed by atoms with Crippen LogP contribution in [-0.4, -0.2) is 30.4 Å². The molecule has 1 aliphatic heterocycles. The summed E-state index contributed by atoms with van der Waals surface area (Å²) in [5, 5.41) is 16.0. The van der Waals surface area contributed by atoms with E-state index >= 15 is 0 Å². The summed E-state index contributed by atoms with van der Waals surface area (Å²) >= 11 is 0. The fourth-order valence-electron chi connectivity index (χ4n) is 2.51. The van der Waals surface area contributed by atoms with Crippen LogP contribution in [0.3, 0.4) is 0 Å². The smallest absolute Gasteiger partial charge is 0.120 e. The Morgan fingerprint density at radius 3 is 2.58 bits per heavy atom. The summed E-state index contributed by atoms with van der Waals surface area (Å²) in [6, 6.07) is 14.2. The molecular weight excluding hydrogens is 238 g/mol. The highest BCUT2D eigenvalue weighted by Crippen LogP contribution is 2.23. The van der Waals surface area contributed by atoms with Gasteiger partial charge in [0.1, 0.15) is 18.0 Å². The van der Waals surface area contributed by atoms with E-state index < -0.39 is 5.60 Å². The zero-order valence-electron chi connectivity index (χ0n) is 10.9. The molecule has 0 radical (unpaired) electrons. The van der Waals surface area contributed by atoms with Crippen LogP contribution in [-0.2, 0) is 0 Å². The highest BCUT2D eigenvalue weighted by atomic mass is 16.5. The Kier molecular flexibility index (Phi) is 3.40. The van der Waals surface area contributed by atoms with Crippen LogP contribution in [0.4, 0.5) is 0 Å². The third-order valence-electron chi connectivity index (χ3n) is 3.76. The molecule has 0 unspecified atom stereocenters. The van der Waals surface area contributed by atoms with Crippen LogP contribution in [0.1, 0.15) is 12.8 Å². The van der Waals surface area contributed by atoms with Crippen LogP contribution < -0.4 is 10.1 Å². The molecule has 0 atom stereocenters. The molecule has 0 aliphatic carbocycles. The first-order valence-electron chi connectivity index (χ1n) is 6.80. The SMILES string of the molecule is OC1(COc2ccc3ccccc3c2)CCNCC1. The highest BCUT2D eigenvalue weighted by Gasteiger charge is 2.29. The van der Waals surface area contributed by atoms with Crippen LogP contribution in [0.2, 0.25) is 0 Å². The maximum atomic E-state index is 10.4. The lowest BCUT2D eigenvalue weighted by molar-refractivity contribution is -0.0285. The molecule has 0 aromatic heterocycles. The number of rotatable bonds is 3. The normalized spacial score (nSPS) is 18.4. The first kappa shape index (κ1) is 12.5. The standard InChI is InChI=1S/C16H19NO2/c18-16(7-9-17-10-8-16)12-19-15-6-5-13-3-1-2-4-14(13)11-15/h1-6,11,17-18H,7-10,12H2. The van der Waals surface area contributed by atoms with Gasteiger partial charge in [-0.05, 0) is 48.8 Å². The fraction of sp³-hybridized carbons (Fsp3) is 0.375. The molecule has 3 nitrogen and oxygen atoms in total. The number of fused-ring (bicyclic) bond motifs is 1. The van der Waals surface area contributed by atoms with Gasteiger partial charge >= 0.3 is 0 Å². The van der Waals surface area contributed by atoms with Gasteiger partial charge in [0, 0.05) is 0 Å². The number of ether oxygens (including phenoxy) is 1. The van der Waals surface area contributed by atoms with Crippen molar-refractivity contribution in [2.75, 3.05) is 19.7 Å². The van der Waals surface area contributed by atoms with Gasteiger partial charge in [0.2, 0.25) is 0 Å². The molecule has 2 N–H and O–H groups in total. The molecular formula is C16H19NO2. The summed E-state index contributed by atoms with van der Waals surface area (Å²) in [7, 11) is 0. The molecule has 1 fully saturated rings. The molecule has 3 heteroatoms. The van der Waals surface area contributed by atoms with Gasteiger partial charge in [-0.2, -0.15) is 0 Å². The van der Waals surface area contributed by atoms with Crippen molar-refractivity contribution in [3.8, 4) is 5.75 Å². The van der Waals surface area contributed by atoms with Crippen LogP contribution in [0, 0.1) is 0 Å². The molecule has 19 heavy (non-hydrogen) atoms. The van der Waals surface area contributed by atoms with Crippen molar-refractivity contribution in [3.05, 3.63) is 42.5 Å². The Hall–Kier alpha value is -1.58. The van der Waals surface area contributed by atoms with Gasteiger partial charge in [0.05, 0.1) is 0 Å². The third-order valence-corrected chi connectivity index (χ3v) is 3.76. The van der Waals surface area contributed by atoms with E-state index in [1.165, 1.54) is 5.39 Å². The van der Waals surface area contributed by atoms with Crippen molar-refractivity contribution < 1.29 is 9.84 Å². The van der Waals surface area contributed by atoms with Crippen molar-refractivity contribution >= 4 is 10.8 Å². The van der Waals surface area contributed by atoms with Gasteiger partial charge in [-0.3, -0.25) is 0 Å². The molecule has 1 aliphatic rings. The molecule has 0 bridgehead atoms. The van der Waals surface area contributed by atoms with E-state index in [9.17, 15) is 5.11 Å². The van der Waals surface area contributed by atoms with Gasteiger partial charge < -0.3 is 15.2 Å². The fourth-order valence-corrected chi connectivity index (χ4v) is 2.51. The van der Waals surface area contributed by atoms with Gasteiger partial charge in [-0.15, -0.1) is 0 Å². The van der Waals surface area contributed by atoms with Crippen molar-refractivity contribution in [2.45, 2.75) is 18.4 Å². The molecule has 0 spiro atoms. The second-order valence-electron chi connectivity index (χ2n) is 5.27. The van der Waals surface area contributed by atoms with Crippen molar-refractivity contribution in [2.24, 2.45) is 0 Å². The molecule has 1 heterocycles. The van der Waals surface area contributed by atoms with Gasteiger partial charge in [-0.1, -0.05) is 30.3 Å². The van der Waals surface area contributed by atoms with Crippen LogP contribution in [0.15, 0.2) is 42.5 Å². The first-order valence-corrected chi connectivity index (χ1v) is 6.80. The zero-order chi connectivity index (χ0) is 13.1. The predicted octanol–water partition coefficient (Wildman–Crippen LogP) is 2.33. The van der Waals surface area contributed by atoms with E-state index in [-0.39, 0.29) is 0 Å². The predicted molar refractivity (Wildman–Crippen MR) is 76.5 cm³/mol. The minimum atomic E-state index is -0.684. The second kappa shape index (κ2) is 5.19. The Labute approximate surface area is 113 Å². The molecule has 2 aromatic rings. The average Bonchev–Trinajstić information content (AvgIpc) is 2.46. The number of hydrogen-bond donors (Lipinski definition) is 2. The lowest BCUT2D eigenvalue weighted by atomic mass is 9.93. The molecule has 1 saturated heterocycles. The number of aliphatic hydroxyl groups is 1. The largest absolute Gasteiger partial charge is 0.491 e. The summed E-state index contributed by atoms with van der Waals surface area (Å²) < 4.78 is 5.78. The number of benzene rings is 2. The maximum absolute atomic E-state index is 10.4. The van der Waals surface area contributed by atoms with Crippen molar-refractivity contribution in [1.82, 2.24) is 5.32 Å². The monoisotopic (exact) mass is 257 g/mol. The molecule has 0 amide bonds. The topological polar surface area (TPSA) is 41.5 Å². The third kappa shape index (κ3) is 2.88. The Balaban J connectivity index is 1.71. The Morgan fingerprint density at radius 1 is 1.05 bits per heavy atom. The van der Waals surface area contributed by atoms with Crippen LogP contribution in [0.25, 0.3) is 10.8 Å². The molecule has 2 aromatic carbocycles. The van der Waals surface area contributed by atoms with Gasteiger partial charge in [0.25, 0.3) is 0 Å². The summed E-state index contributed by atoms with van der Waals surface area (Å²) in [4.78, 5) is 0. The van der Waals surface area contributed by atoms with Gasteiger partial charge in [-0.25, -0.2) is 0 Å². The van der Waals surface area contributed by atoms with E-state index in [1.807, 2.05) is 24.3 Å². The molecule has 100 valence electrons. The summed E-state index contributed by atoms with van der Waals surface area (Å²) in [6.45, 7) is 2.09. The second-order valence-corrected chi connectivity index (χ2v) is 5.27. The summed E-state index contributed by atoms with van der Waals surface area (Å²) in [6.07, 6.45) is 1.50. The Morgan fingerprint density at radius 2 is 1.79 bits per heavy atom. The molecule has 0 saturated carbocycles. The van der Waals surface area contributed by atoms with E-state index in [0.717, 1.165) is 37.1 Å². The van der Waals surface area contributed by atoms with Crippen molar-refractivity contribution in [1.29, 1.82) is 0 Å². The number of piperidine rings is 1. The highest BCUT2D eigenvalue weighted by molar-refractivity contribution is 5.83. The van der Waals surface area contributed by atoms with Crippen LogP contribution in [0.5, 0.6) is 5.75 Å². The summed E-state index contributed by atoms with van der Waals surface area (Å²) in [5.41, 5.74) is -0.684. The van der Waals surface area contributed by atoms with E-state index in [1.54, 1.807) is 0 Å². The minimum Gasteiger partial charge on any atom is -0.491 e. The van der Waals surface area contributed by atoms with Gasteiger partial charge in [0.15, 0.2) is 0 Å². The van der Waals surface area contributed by atoms with E-state index in [0.29, 0.717) is 6.61 Å². The minimum absolute atomic E-state index is 0.368. The maximum Gasteiger partial charge on any atom is 0.120 e. The number of nitrogens with one attached hydrogen (secondary N) is 1. The molecule has 3 rings (SSSR count). The quantitative estimate of drug-likeness (QED) is 0.886. The van der Waals surface area contributed by atoms with Crippen LogP contribution >= 0.6 is 0 Å². The van der Waals surface area contributed by atoms with E-state index in [2.05, 4.69) is 23.5 Å². The zero-order valence-corrected chi connectivity index (χ0v) is 10.9. The van der Waals surface area contributed by atoms with E-state index in [4.69, 9.17) is 4.74 Å². The summed E-state index contributed by atoms with van der Waals surface area (Å²) in [5.74, 6) is 0.825.